The van der Waals surface area contributed by atoms with Crippen molar-refractivity contribution in [3.05, 3.63) is 58.6 Å². The zero-order valence-corrected chi connectivity index (χ0v) is 15.5. The standard InChI is InChI=1S/C21H19ClN2O3/c22-15-7-8-18-16(12-15)17(21(26)23-18)11-14-5-1-2-6-19(14)27-13-20(25)24-9-3-4-10-24/h1-2,5-8,11-12H,3-4,9-10,13H2,(H,23,26)/b17-11-. The monoisotopic (exact) mass is 382 g/mol. The molecule has 0 atom stereocenters. The van der Waals surface area contributed by atoms with Crippen LogP contribution in [0.3, 0.4) is 0 Å². The van der Waals surface area contributed by atoms with Crippen LogP contribution in [0.1, 0.15) is 24.0 Å². The van der Waals surface area contributed by atoms with Crippen molar-refractivity contribution in [2.45, 2.75) is 12.8 Å². The molecule has 0 aliphatic carbocycles. The molecule has 6 heteroatoms. The quantitative estimate of drug-likeness (QED) is 0.817. The highest BCUT2D eigenvalue weighted by Crippen LogP contribution is 2.36. The Bertz CT molecular complexity index is 933. The molecule has 2 aliphatic heterocycles. The van der Waals surface area contributed by atoms with Crippen LogP contribution in [0.2, 0.25) is 5.02 Å². The average molecular weight is 383 g/mol. The van der Waals surface area contributed by atoms with Crippen LogP contribution < -0.4 is 10.1 Å². The van der Waals surface area contributed by atoms with Crippen molar-refractivity contribution in [1.29, 1.82) is 0 Å². The SMILES string of the molecule is O=C1Nc2ccc(Cl)cc2/C1=C/c1ccccc1OCC(=O)N1CCCC1. The van der Waals surface area contributed by atoms with Crippen LogP contribution in [0.25, 0.3) is 11.6 Å². The zero-order valence-electron chi connectivity index (χ0n) is 14.7. The number of halogens is 1. The zero-order chi connectivity index (χ0) is 18.8. The molecule has 4 rings (SSSR count). The number of carbonyl (C=O) groups is 2. The fourth-order valence-electron chi connectivity index (χ4n) is 3.39. The fraction of sp³-hybridized carbons (Fsp3) is 0.238. The lowest BCUT2D eigenvalue weighted by Gasteiger charge is -2.16. The van der Waals surface area contributed by atoms with E-state index in [9.17, 15) is 9.59 Å². The number of benzene rings is 2. The number of nitrogens with zero attached hydrogens (tertiary/aromatic N) is 1. The lowest BCUT2D eigenvalue weighted by atomic mass is 10.0. The largest absolute Gasteiger partial charge is 0.483 e. The van der Waals surface area contributed by atoms with Crippen molar-refractivity contribution in [3.8, 4) is 5.75 Å². The number of para-hydroxylation sites is 1. The van der Waals surface area contributed by atoms with E-state index in [1.807, 2.05) is 23.1 Å². The minimum Gasteiger partial charge on any atom is -0.483 e. The number of rotatable bonds is 4. The second-order valence-electron chi connectivity index (χ2n) is 6.62. The number of hydrogen-bond donors (Lipinski definition) is 1. The molecule has 2 aliphatic rings. The molecular formula is C21H19ClN2O3. The molecule has 2 aromatic carbocycles. The Morgan fingerprint density at radius 3 is 2.78 bits per heavy atom. The van der Waals surface area contributed by atoms with Gasteiger partial charge in [-0.05, 0) is 43.2 Å². The highest BCUT2D eigenvalue weighted by Gasteiger charge is 2.25. The van der Waals surface area contributed by atoms with Crippen LogP contribution in [-0.4, -0.2) is 36.4 Å². The van der Waals surface area contributed by atoms with Crippen LogP contribution >= 0.6 is 11.6 Å². The molecule has 0 spiro atoms. The van der Waals surface area contributed by atoms with Gasteiger partial charge in [0.25, 0.3) is 11.8 Å². The number of nitrogens with one attached hydrogen (secondary N) is 1. The van der Waals surface area contributed by atoms with Crippen molar-refractivity contribution >= 4 is 40.8 Å². The maximum absolute atomic E-state index is 12.4. The van der Waals surface area contributed by atoms with Gasteiger partial charge < -0.3 is 15.0 Å². The van der Waals surface area contributed by atoms with E-state index in [2.05, 4.69) is 5.32 Å². The summed E-state index contributed by atoms with van der Waals surface area (Å²) in [5.41, 5.74) is 2.76. The first-order valence-electron chi connectivity index (χ1n) is 8.94. The molecule has 0 radical (unpaired) electrons. The molecule has 1 fully saturated rings. The number of likely N-dealkylation sites (tertiary alicyclic amines) is 1. The maximum Gasteiger partial charge on any atom is 0.260 e. The van der Waals surface area contributed by atoms with Gasteiger partial charge in [-0.3, -0.25) is 9.59 Å². The van der Waals surface area contributed by atoms with E-state index in [1.54, 1.807) is 30.3 Å². The molecule has 1 saturated heterocycles. The minimum absolute atomic E-state index is 0.00516. The van der Waals surface area contributed by atoms with Gasteiger partial charge >= 0.3 is 0 Å². The third-order valence-corrected chi connectivity index (χ3v) is 5.03. The summed E-state index contributed by atoms with van der Waals surface area (Å²) in [5, 5.41) is 3.40. The molecular weight excluding hydrogens is 364 g/mol. The molecule has 2 amide bonds. The van der Waals surface area contributed by atoms with Gasteiger partial charge in [0.05, 0.1) is 0 Å². The molecule has 138 valence electrons. The molecule has 5 nitrogen and oxygen atoms in total. The van der Waals surface area contributed by atoms with E-state index in [4.69, 9.17) is 16.3 Å². The predicted molar refractivity (Wildman–Crippen MR) is 106 cm³/mol. The van der Waals surface area contributed by atoms with E-state index >= 15 is 0 Å². The minimum atomic E-state index is -0.185. The number of anilines is 1. The first kappa shape index (κ1) is 17.6. The van der Waals surface area contributed by atoms with E-state index < -0.39 is 0 Å². The van der Waals surface area contributed by atoms with Crippen molar-refractivity contribution in [1.82, 2.24) is 4.90 Å². The number of carbonyl (C=O) groups excluding carboxylic acids is 2. The highest BCUT2D eigenvalue weighted by atomic mass is 35.5. The number of ether oxygens (including phenoxy) is 1. The smallest absolute Gasteiger partial charge is 0.260 e. The normalized spacial score (nSPS) is 17.1. The van der Waals surface area contributed by atoms with Gasteiger partial charge in [0.1, 0.15) is 5.75 Å². The van der Waals surface area contributed by atoms with Crippen LogP contribution in [0.15, 0.2) is 42.5 Å². The third kappa shape index (κ3) is 3.69. The van der Waals surface area contributed by atoms with E-state index in [-0.39, 0.29) is 18.4 Å². The average Bonchev–Trinajstić information content (AvgIpc) is 3.30. The lowest BCUT2D eigenvalue weighted by molar-refractivity contribution is -0.132. The van der Waals surface area contributed by atoms with E-state index in [0.29, 0.717) is 16.3 Å². The predicted octanol–water partition coefficient (Wildman–Crippen LogP) is 3.83. The topological polar surface area (TPSA) is 58.6 Å². The van der Waals surface area contributed by atoms with Crippen molar-refractivity contribution in [2.24, 2.45) is 0 Å². The van der Waals surface area contributed by atoms with Crippen LogP contribution in [0.5, 0.6) is 5.75 Å². The molecule has 0 unspecified atom stereocenters. The summed E-state index contributed by atoms with van der Waals surface area (Å²) in [4.78, 5) is 26.4. The summed E-state index contributed by atoms with van der Waals surface area (Å²) < 4.78 is 5.78. The summed E-state index contributed by atoms with van der Waals surface area (Å²) in [7, 11) is 0. The molecule has 0 saturated carbocycles. The van der Waals surface area contributed by atoms with Crippen LogP contribution in [-0.2, 0) is 9.59 Å². The van der Waals surface area contributed by atoms with Crippen molar-refractivity contribution in [2.75, 3.05) is 25.0 Å². The second-order valence-corrected chi connectivity index (χ2v) is 7.05. The summed E-state index contributed by atoms with van der Waals surface area (Å²) in [6, 6.07) is 12.7. The molecule has 2 aromatic rings. The van der Waals surface area contributed by atoms with E-state index in [1.165, 1.54) is 0 Å². The van der Waals surface area contributed by atoms with Crippen molar-refractivity contribution < 1.29 is 14.3 Å². The number of fused-ring (bicyclic) bond motifs is 1. The molecule has 27 heavy (non-hydrogen) atoms. The van der Waals surface area contributed by atoms with Crippen LogP contribution in [0.4, 0.5) is 5.69 Å². The molecule has 0 bridgehead atoms. The Labute approximate surface area is 162 Å². The van der Waals surface area contributed by atoms with Gasteiger partial charge in [0.15, 0.2) is 6.61 Å². The Morgan fingerprint density at radius 1 is 1.19 bits per heavy atom. The molecule has 2 heterocycles. The fourth-order valence-corrected chi connectivity index (χ4v) is 3.56. The summed E-state index contributed by atoms with van der Waals surface area (Å²) >= 11 is 6.08. The number of amides is 2. The summed E-state index contributed by atoms with van der Waals surface area (Å²) in [6.45, 7) is 1.59. The Balaban J connectivity index is 1.58. The van der Waals surface area contributed by atoms with Crippen molar-refractivity contribution in [3.63, 3.8) is 0 Å². The Morgan fingerprint density at radius 2 is 1.96 bits per heavy atom. The lowest BCUT2D eigenvalue weighted by Crippen LogP contribution is -2.32. The summed E-state index contributed by atoms with van der Waals surface area (Å²) in [6.07, 6.45) is 3.87. The second kappa shape index (κ2) is 7.45. The molecule has 0 aromatic heterocycles. The Hall–Kier alpha value is -2.79. The first-order chi connectivity index (χ1) is 13.1. The number of hydrogen-bond acceptors (Lipinski definition) is 3. The third-order valence-electron chi connectivity index (χ3n) is 4.79. The van der Waals surface area contributed by atoms with E-state index in [0.717, 1.165) is 42.7 Å². The van der Waals surface area contributed by atoms with Gasteiger partial charge in [-0.2, -0.15) is 0 Å². The highest BCUT2D eigenvalue weighted by molar-refractivity contribution is 6.36. The van der Waals surface area contributed by atoms with Gasteiger partial charge in [0.2, 0.25) is 0 Å². The first-order valence-corrected chi connectivity index (χ1v) is 9.32. The van der Waals surface area contributed by atoms with Gasteiger partial charge in [-0.1, -0.05) is 29.8 Å². The summed E-state index contributed by atoms with van der Waals surface area (Å²) in [5.74, 6) is 0.377. The van der Waals surface area contributed by atoms with Gasteiger partial charge in [0, 0.05) is 40.5 Å². The molecule has 1 N–H and O–H groups in total. The van der Waals surface area contributed by atoms with Gasteiger partial charge in [-0.25, -0.2) is 0 Å². The maximum atomic E-state index is 12.4. The van der Waals surface area contributed by atoms with Crippen LogP contribution in [0, 0.1) is 0 Å². The Kier molecular flexibility index (Phi) is 4.86. The van der Waals surface area contributed by atoms with Gasteiger partial charge in [-0.15, -0.1) is 0 Å².